The predicted octanol–water partition coefficient (Wildman–Crippen LogP) is 7.16. The fourth-order valence-corrected chi connectivity index (χ4v) is 8.25. The van der Waals surface area contributed by atoms with E-state index in [1.54, 1.807) is 0 Å². The quantitative estimate of drug-likeness (QED) is 0.469. The van der Waals surface area contributed by atoms with Crippen molar-refractivity contribution < 1.29 is 4.74 Å². The summed E-state index contributed by atoms with van der Waals surface area (Å²) in [6.07, 6.45) is 24.6. The second kappa shape index (κ2) is 7.51. The molecule has 1 heterocycles. The lowest BCUT2D eigenvalue weighted by Gasteiger charge is -2.58. The summed E-state index contributed by atoms with van der Waals surface area (Å²) in [5, 5.41) is 0. The predicted molar refractivity (Wildman–Crippen MR) is 113 cm³/mol. The van der Waals surface area contributed by atoms with Crippen molar-refractivity contribution in [3.63, 3.8) is 0 Å². The largest absolute Gasteiger partial charge is 0.366 e. The Morgan fingerprint density at radius 2 is 1.59 bits per heavy atom. The molecule has 8 atom stereocenters. The molecule has 0 amide bonds. The first-order chi connectivity index (χ1) is 13.2. The summed E-state index contributed by atoms with van der Waals surface area (Å²) in [4.78, 5) is 0. The van der Waals surface area contributed by atoms with Crippen LogP contribution in [0.5, 0.6) is 0 Å². The smallest absolute Gasteiger partial charge is 0.0922 e. The molecule has 1 heteroatoms. The Bertz CT molecular complexity index is 536. The minimum Gasteiger partial charge on any atom is -0.366 e. The van der Waals surface area contributed by atoms with Crippen molar-refractivity contribution >= 4 is 0 Å². The van der Waals surface area contributed by atoms with Crippen LogP contribution in [0.4, 0.5) is 0 Å². The van der Waals surface area contributed by atoms with Gasteiger partial charge in [-0.15, -0.1) is 0 Å². The van der Waals surface area contributed by atoms with Gasteiger partial charge in [0.15, 0.2) is 0 Å². The van der Waals surface area contributed by atoms with E-state index in [0.29, 0.717) is 12.0 Å². The summed E-state index contributed by atoms with van der Waals surface area (Å²) in [7, 11) is 0. The highest BCUT2D eigenvalue weighted by atomic mass is 16.5. The number of rotatable bonds is 2. The zero-order chi connectivity index (χ0) is 18.4. The topological polar surface area (TPSA) is 9.23 Å². The molecule has 0 aromatic rings. The highest BCUT2D eigenvalue weighted by Crippen LogP contribution is 2.57. The Morgan fingerprint density at radius 3 is 2.33 bits per heavy atom. The summed E-state index contributed by atoms with van der Waals surface area (Å²) in [6, 6.07) is 0. The Labute approximate surface area is 167 Å². The fourth-order valence-electron chi connectivity index (χ4n) is 8.25. The molecule has 1 spiro atoms. The third-order valence-electron chi connectivity index (χ3n) is 9.87. The second-order valence-corrected chi connectivity index (χ2v) is 11.0. The number of fused-ring (bicyclic) bond motifs is 3. The van der Waals surface area contributed by atoms with Gasteiger partial charge >= 0.3 is 0 Å². The maximum Gasteiger partial charge on any atom is 0.0922 e. The van der Waals surface area contributed by atoms with Crippen LogP contribution in [0.15, 0.2) is 12.2 Å². The van der Waals surface area contributed by atoms with Crippen LogP contribution in [0.1, 0.15) is 97.3 Å². The minimum absolute atomic E-state index is 0.120. The molecule has 5 rings (SSSR count). The van der Waals surface area contributed by atoms with Crippen molar-refractivity contribution in [2.75, 3.05) is 0 Å². The lowest BCUT2D eigenvalue weighted by atomic mass is 9.56. The zero-order valence-corrected chi connectivity index (χ0v) is 17.9. The van der Waals surface area contributed by atoms with E-state index in [0.717, 1.165) is 35.5 Å². The van der Waals surface area contributed by atoms with E-state index in [2.05, 4.69) is 26.0 Å². The highest BCUT2D eigenvalue weighted by Gasteiger charge is 2.56. The van der Waals surface area contributed by atoms with Gasteiger partial charge in [-0.3, -0.25) is 0 Å². The van der Waals surface area contributed by atoms with Gasteiger partial charge in [0.05, 0.1) is 11.7 Å². The molecule has 0 N–H and O–H groups in total. The molecule has 1 nitrogen and oxygen atoms in total. The van der Waals surface area contributed by atoms with E-state index in [4.69, 9.17) is 4.74 Å². The summed E-state index contributed by atoms with van der Waals surface area (Å²) in [5.41, 5.74) is 0.120. The van der Waals surface area contributed by atoms with Gasteiger partial charge in [-0.25, -0.2) is 0 Å². The van der Waals surface area contributed by atoms with E-state index >= 15 is 0 Å². The van der Waals surface area contributed by atoms with Crippen molar-refractivity contribution in [1.29, 1.82) is 0 Å². The van der Waals surface area contributed by atoms with Gasteiger partial charge < -0.3 is 4.74 Å². The zero-order valence-electron chi connectivity index (χ0n) is 17.9. The average molecular weight is 371 g/mol. The Morgan fingerprint density at radius 1 is 0.926 bits per heavy atom. The first-order valence-corrected chi connectivity index (χ1v) is 12.6. The molecule has 0 aromatic carbocycles. The van der Waals surface area contributed by atoms with E-state index in [-0.39, 0.29) is 5.60 Å². The molecule has 0 radical (unpaired) electrons. The van der Waals surface area contributed by atoms with Gasteiger partial charge in [0.2, 0.25) is 0 Å². The van der Waals surface area contributed by atoms with Crippen LogP contribution in [-0.2, 0) is 4.74 Å². The monoisotopic (exact) mass is 370 g/mol. The third-order valence-corrected chi connectivity index (χ3v) is 9.87. The van der Waals surface area contributed by atoms with Crippen molar-refractivity contribution in [1.82, 2.24) is 0 Å². The first kappa shape index (κ1) is 18.7. The van der Waals surface area contributed by atoms with E-state index in [9.17, 15) is 0 Å². The molecule has 1 aliphatic heterocycles. The molecule has 0 aromatic heterocycles. The van der Waals surface area contributed by atoms with Crippen LogP contribution in [-0.4, -0.2) is 11.7 Å². The standard InChI is InChI=1S/C26H42O/c1-3-18(2)24-17-19-9-4-7-14-22(19)25-23(24)15-16-26(27-25)20-10-5-6-11-21(26)13-8-12-20/h15-16,18-25H,3-14,17H2,1-2H3. The Kier molecular flexibility index (Phi) is 5.20. The molecular weight excluding hydrogens is 328 g/mol. The molecule has 4 fully saturated rings. The molecular formula is C26H42O. The van der Waals surface area contributed by atoms with Gasteiger partial charge in [0, 0.05) is 5.92 Å². The summed E-state index contributed by atoms with van der Waals surface area (Å²) < 4.78 is 7.47. The van der Waals surface area contributed by atoms with Gasteiger partial charge in [-0.2, -0.15) is 0 Å². The number of ether oxygens (including phenoxy) is 1. The summed E-state index contributed by atoms with van der Waals surface area (Å²) in [6.45, 7) is 4.92. The lowest BCUT2D eigenvalue weighted by molar-refractivity contribution is -0.209. The van der Waals surface area contributed by atoms with Crippen LogP contribution in [0.2, 0.25) is 0 Å². The molecule has 8 unspecified atom stereocenters. The van der Waals surface area contributed by atoms with E-state index < -0.39 is 0 Å². The molecule has 4 saturated carbocycles. The molecule has 4 aliphatic carbocycles. The summed E-state index contributed by atoms with van der Waals surface area (Å²) >= 11 is 0. The van der Waals surface area contributed by atoms with E-state index in [1.165, 1.54) is 83.5 Å². The Balaban J connectivity index is 1.51. The molecule has 0 saturated heterocycles. The van der Waals surface area contributed by atoms with Crippen molar-refractivity contribution in [2.24, 2.45) is 41.4 Å². The maximum atomic E-state index is 7.47. The van der Waals surface area contributed by atoms with E-state index in [1.807, 2.05) is 0 Å². The number of hydrogen-bond acceptors (Lipinski definition) is 1. The normalized spacial score (nSPS) is 50.5. The fraction of sp³-hybridized carbons (Fsp3) is 0.923. The van der Waals surface area contributed by atoms with Crippen LogP contribution in [0.3, 0.4) is 0 Å². The second-order valence-electron chi connectivity index (χ2n) is 11.0. The SMILES string of the molecule is CCC(C)C1CC2CCCCC2C2OC3(C=CC12)C1CCCCC3CCC1. The van der Waals surface area contributed by atoms with Crippen molar-refractivity contribution in [3.8, 4) is 0 Å². The van der Waals surface area contributed by atoms with Gasteiger partial charge in [0.25, 0.3) is 0 Å². The third kappa shape index (κ3) is 3.06. The maximum absolute atomic E-state index is 7.47. The average Bonchev–Trinajstić information content (AvgIpc) is 2.80. The van der Waals surface area contributed by atoms with Crippen molar-refractivity contribution in [2.45, 2.75) is 109 Å². The van der Waals surface area contributed by atoms with Crippen LogP contribution < -0.4 is 0 Å². The minimum atomic E-state index is 0.120. The first-order valence-electron chi connectivity index (χ1n) is 12.6. The molecule has 27 heavy (non-hydrogen) atoms. The Hall–Kier alpha value is -0.300. The van der Waals surface area contributed by atoms with Gasteiger partial charge in [-0.1, -0.05) is 70.9 Å². The molecule has 5 aliphatic rings. The lowest BCUT2D eigenvalue weighted by Crippen LogP contribution is -2.58. The van der Waals surface area contributed by atoms with Crippen LogP contribution >= 0.6 is 0 Å². The van der Waals surface area contributed by atoms with Crippen LogP contribution in [0, 0.1) is 41.4 Å². The molecule has 2 bridgehead atoms. The van der Waals surface area contributed by atoms with Gasteiger partial charge in [0.1, 0.15) is 0 Å². The molecule has 152 valence electrons. The number of hydrogen-bond donors (Lipinski definition) is 0. The van der Waals surface area contributed by atoms with Gasteiger partial charge in [-0.05, 0) is 74.0 Å². The highest BCUT2D eigenvalue weighted by molar-refractivity contribution is 5.19. The van der Waals surface area contributed by atoms with Crippen molar-refractivity contribution in [3.05, 3.63) is 12.2 Å². The van der Waals surface area contributed by atoms with Crippen LogP contribution in [0.25, 0.3) is 0 Å². The summed E-state index contributed by atoms with van der Waals surface area (Å²) in [5.74, 6) is 5.83.